The van der Waals surface area contributed by atoms with Gasteiger partial charge >= 0.3 is 0 Å². The number of nitrogens with zero attached hydrogens (tertiary/aromatic N) is 2. The molecule has 1 N–H and O–H groups in total. The Bertz CT molecular complexity index is 1430. The molecule has 0 saturated carbocycles. The highest BCUT2D eigenvalue weighted by atomic mass is 35.5. The molecule has 214 valence electrons. The molecule has 3 rings (SSSR count). The molecule has 0 aliphatic rings. The lowest BCUT2D eigenvalue weighted by atomic mass is 10.0. The smallest absolute Gasteiger partial charge is 0.244 e. The normalized spacial score (nSPS) is 12.2. The van der Waals surface area contributed by atoms with Gasteiger partial charge in [-0.15, -0.1) is 0 Å². The summed E-state index contributed by atoms with van der Waals surface area (Å²) in [5.74, 6) is -0.686. The van der Waals surface area contributed by atoms with Gasteiger partial charge in [-0.25, -0.2) is 8.42 Å². The van der Waals surface area contributed by atoms with Crippen LogP contribution in [0, 0.1) is 12.8 Å². The fourth-order valence-electron chi connectivity index (χ4n) is 4.23. The summed E-state index contributed by atoms with van der Waals surface area (Å²) in [5.41, 5.74) is 2.42. The number of sulfonamides is 1. The summed E-state index contributed by atoms with van der Waals surface area (Å²) in [7, 11) is -3.89. The van der Waals surface area contributed by atoms with Crippen molar-refractivity contribution in [3.8, 4) is 0 Å². The Hall–Kier alpha value is -3.07. The van der Waals surface area contributed by atoms with Crippen LogP contribution in [0.5, 0.6) is 0 Å². The fourth-order valence-corrected chi connectivity index (χ4v) is 5.49. The number of benzene rings is 3. The van der Waals surface area contributed by atoms with Gasteiger partial charge in [0, 0.05) is 29.6 Å². The van der Waals surface area contributed by atoms with Crippen molar-refractivity contribution in [2.75, 3.05) is 23.7 Å². The number of carbonyl (C=O) groups excluding carboxylic acids is 2. The lowest BCUT2D eigenvalue weighted by molar-refractivity contribution is -0.140. The van der Waals surface area contributed by atoms with Crippen LogP contribution in [0.25, 0.3) is 0 Å². The molecule has 0 radical (unpaired) electrons. The van der Waals surface area contributed by atoms with Crippen molar-refractivity contribution in [2.45, 2.75) is 39.8 Å². The van der Waals surface area contributed by atoms with Crippen molar-refractivity contribution >= 4 is 50.7 Å². The molecule has 0 aromatic heterocycles. The third kappa shape index (κ3) is 8.71. The van der Waals surface area contributed by atoms with Crippen LogP contribution < -0.4 is 9.62 Å². The zero-order valence-electron chi connectivity index (χ0n) is 23.1. The summed E-state index contributed by atoms with van der Waals surface area (Å²) in [5, 5.41) is 3.73. The second-order valence-electron chi connectivity index (χ2n) is 10.2. The number of nitrogens with one attached hydrogen (secondary N) is 1. The maximum atomic E-state index is 14.1. The van der Waals surface area contributed by atoms with Crippen LogP contribution in [0.1, 0.15) is 30.5 Å². The van der Waals surface area contributed by atoms with Crippen molar-refractivity contribution in [3.63, 3.8) is 0 Å². The molecule has 0 saturated heterocycles. The Balaban J connectivity index is 2.08. The van der Waals surface area contributed by atoms with Crippen LogP contribution >= 0.6 is 23.2 Å². The summed E-state index contributed by atoms with van der Waals surface area (Å²) in [6.07, 6.45) is 1.27. The van der Waals surface area contributed by atoms with Gasteiger partial charge in [0.05, 0.1) is 11.9 Å². The molecule has 1 atom stereocenters. The van der Waals surface area contributed by atoms with Gasteiger partial charge in [0.25, 0.3) is 0 Å². The SMILES string of the molecule is Cc1ccc(Cl)cc1N(CC(=O)N(Cc1ccccc1Cl)[C@@H](Cc1ccccc1)C(=O)NCC(C)C)S(C)(=O)=O. The Morgan fingerprint density at radius 2 is 1.60 bits per heavy atom. The average Bonchev–Trinajstić information content (AvgIpc) is 2.90. The minimum absolute atomic E-state index is 0.0111. The highest BCUT2D eigenvalue weighted by Crippen LogP contribution is 2.27. The first kappa shape index (κ1) is 31.5. The van der Waals surface area contributed by atoms with E-state index in [0.29, 0.717) is 33.4 Å². The lowest BCUT2D eigenvalue weighted by Crippen LogP contribution is -2.53. The summed E-state index contributed by atoms with van der Waals surface area (Å²) in [4.78, 5) is 29.2. The second kappa shape index (κ2) is 14.0. The van der Waals surface area contributed by atoms with Crippen molar-refractivity contribution in [1.82, 2.24) is 10.2 Å². The molecule has 0 spiro atoms. The number of hydrogen-bond acceptors (Lipinski definition) is 4. The zero-order chi connectivity index (χ0) is 29.4. The van der Waals surface area contributed by atoms with Gasteiger partial charge in [-0.2, -0.15) is 0 Å². The Morgan fingerprint density at radius 1 is 0.950 bits per heavy atom. The second-order valence-corrected chi connectivity index (χ2v) is 12.9. The zero-order valence-corrected chi connectivity index (χ0v) is 25.4. The molecule has 0 bridgehead atoms. The van der Waals surface area contributed by atoms with Gasteiger partial charge in [0.1, 0.15) is 12.6 Å². The van der Waals surface area contributed by atoms with Gasteiger partial charge in [0.15, 0.2) is 0 Å². The molecule has 0 unspecified atom stereocenters. The van der Waals surface area contributed by atoms with E-state index in [-0.39, 0.29) is 24.8 Å². The third-order valence-electron chi connectivity index (χ3n) is 6.37. The predicted molar refractivity (Wildman–Crippen MR) is 162 cm³/mol. The molecule has 0 aliphatic heterocycles. The molecule has 10 heteroatoms. The van der Waals surface area contributed by atoms with Crippen LogP contribution in [0.2, 0.25) is 10.0 Å². The number of rotatable bonds is 12. The summed E-state index contributed by atoms with van der Waals surface area (Å²) >= 11 is 12.7. The quantitative estimate of drug-likeness (QED) is 0.297. The van der Waals surface area contributed by atoms with Crippen molar-refractivity contribution in [1.29, 1.82) is 0 Å². The summed E-state index contributed by atoms with van der Waals surface area (Å²) < 4.78 is 26.9. The van der Waals surface area contributed by atoms with Crippen molar-refractivity contribution < 1.29 is 18.0 Å². The molecule has 3 aromatic carbocycles. The van der Waals surface area contributed by atoms with Crippen LogP contribution in [-0.2, 0) is 32.6 Å². The van der Waals surface area contributed by atoms with E-state index in [1.165, 1.54) is 11.0 Å². The van der Waals surface area contributed by atoms with Gasteiger partial charge < -0.3 is 10.2 Å². The number of amides is 2. The Morgan fingerprint density at radius 3 is 2.23 bits per heavy atom. The molecule has 0 aliphatic carbocycles. The number of carbonyl (C=O) groups is 2. The van der Waals surface area contributed by atoms with Gasteiger partial charge in [-0.3, -0.25) is 13.9 Å². The van der Waals surface area contributed by atoms with E-state index in [9.17, 15) is 18.0 Å². The highest BCUT2D eigenvalue weighted by Gasteiger charge is 2.33. The third-order valence-corrected chi connectivity index (χ3v) is 8.10. The van der Waals surface area contributed by atoms with Crippen LogP contribution in [0.4, 0.5) is 5.69 Å². The predicted octanol–water partition coefficient (Wildman–Crippen LogP) is 5.48. The first-order valence-electron chi connectivity index (χ1n) is 12.9. The van der Waals surface area contributed by atoms with E-state index >= 15 is 0 Å². The van der Waals surface area contributed by atoms with Crippen LogP contribution in [0.15, 0.2) is 72.8 Å². The van der Waals surface area contributed by atoms with E-state index in [4.69, 9.17) is 23.2 Å². The number of hydrogen-bond donors (Lipinski definition) is 1. The lowest BCUT2D eigenvalue weighted by Gasteiger charge is -2.34. The minimum Gasteiger partial charge on any atom is -0.354 e. The van der Waals surface area contributed by atoms with Crippen LogP contribution in [0.3, 0.4) is 0 Å². The van der Waals surface area contributed by atoms with E-state index in [1.54, 1.807) is 43.3 Å². The molecule has 7 nitrogen and oxygen atoms in total. The van der Waals surface area contributed by atoms with E-state index in [2.05, 4.69) is 5.32 Å². The maximum absolute atomic E-state index is 14.1. The molecule has 0 heterocycles. The summed E-state index contributed by atoms with van der Waals surface area (Å²) in [6.45, 7) is 5.63. The topological polar surface area (TPSA) is 86.8 Å². The molecule has 0 fully saturated rings. The molecular formula is C30H35Cl2N3O4S. The Kier molecular flexibility index (Phi) is 11.0. The molecule has 2 amide bonds. The van der Waals surface area contributed by atoms with E-state index in [0.717, 1.165) is 16.1 Å². The summed E-state index contributed by atoms with van der Waals surface area (Å²) in [6, 6.07) is 20.4. The van der Waals surface area contributed by atoms with Gasteiger partial charge in [-0.1, -0.05) is 91.6 Å². The Labute approximate surface area is 247 Å². The maximum Gasteiger partial charge on any atom is 0.244 e. The van der Waals surface area contributed by atoms with E-state index in [1.807, 2.05) is 44.2 Å². The number of anilines is 1. The minimum atomic E-state index is -3.89. The molecule has 40 heavy (non-hydrogen) atoms. The highest BCUT2D eigenvalue weighted by molar-refractivity contribution is 7.92. The average molecular weight is 605 g/mol. The van der Waals surface area contributed by atoms with Gasteiger partial charge in [-0.05, 0) is 47.7 Å². The first-order chi connectivity index (χ1) is 18.9. The van der Waals surface area contributed by atoms with Crippen molar-refractivity contribution in [3.05, 3.63) is 99.5 Å². The fraction of sp³-hybridized carbons (Fsp3) is 0.333. The monoisotopic (exact) mass is 603 g/mol. The molecule has 3 aromatic rings. The number of aryl methyl sites for hydroxylation is 1. The van der Waals surface area contributed by atoms with Gasteiger partial charge in [0.2, 0.25) is 21.8 Å². The van der Waals surface area contributed by atoms with Crippen LogP contribution in [-0.4, -0.2) is 50.5 Å². The van der Waals surface area contributed by atoms with Crippen molar-refractivity contribution in [2.24, 2.45) is 5.92 Å². The molecular weight excluding hydrogens is 569 g/mol. The number of halogens is 2. The standard InChI is InChI=1S/C30H35Cl2N3O4S/c1-21(2)18-33-30(37)28(16-23-10-6-5-7-11-23)34(19-24-12-8-9-13-26(24)32)29(36)20-35(40(4,38)39)27-17-25(31)15-14-22(27)3/h5-15,17,21,28H,16,18-20H2,1-4H3,(H,33,37)/t28-/m0/s1. The first-order valence-corrected chi connectivity index (χ1v) is 15.6. The van der Waals surface area contributed by atoms with E-state index < -0.39 is 28.5 Å². The largest absolute Gasteiger partial charge is 0.354 e.